The van der Waals surface area contributed by atoms with E-state index >= 15 is 0 Å². The van der Waals surface area contributed by atoms with Gasteiger partial charge in [-0.2, -0.15) is 0 Å². The average Bonchev–Trinajstić information content (AvgIpc) is 2.61. The first-order chi connectivity index (χ1) is 9.11. The normalized spacial score (nSPS) is 20.1. The van der Waals surface area contributed by atoms with Gasteiger partial charge in [0.1, 0.15) is 0 Å². The Morgan fingerprint density at radius 1 is 1.37 bits per heavy atom. The van der Waals surface area contributed by atoms with Gasteiger partial charge in [0.2, 0.25) is 0 Å². The minimum atomic E-state index is -0.0586. The topological polar surface area (TPSA) is 66.6 Å². The third-order valence-corrected chi connectivity index (χ3v) is 3.70. The van der Waals surface area contributed by atoms with Crippen molar-refractivity contribution in [3.05, 3.63) is 29.3 Å². The Labute approximate surface area is 114 Å². The highest BCUT2D eigenvalue weighted by Gasteiger charge is 2.25. The van der Waals surface area contributed by atoms with E-state index in [0.29, 0.717) is 11.3 Å². The third kappa shape index (κ3) is 3.26. The summed E-state index contributed by atoms with van der Waals surface area (Å²) in [5.74, 6) is -0.0173. The maximum absolute atomic E-state index is 12.6. The lowest BCUT2D eigenvalue weighted by Gasteiger charge is -2.29. The van der Waals surface area contributed by atoms with Gasteiger partial charge in [0.15, 0.2) is 0 Å². The number of rotatable bonds is 2. The lowest BCUT2D eigenvalue weighted by molar-refractivity contribution is 0.0600. The van der Waals surface area contributed by atoms with E-state index in [0.717, 1.165) is 37.8 Å². The molecule has 4 heteroatoms. The highest BCUT2D eigenvalue weighted by molar-refractivity contribution is 5.95. The number of amides is 1. The highest BCUT2D eigenvalue weighted by atomic mass is 16.3. The summed E-state index contributed by atoms with van der Waals surface area (Å²) < 4.78 is 0. The van der Waals surface area contributed by atoms with Crippen molar-refractivity contribution in [3.63, 3.8) is 0 Å². The molecule has 1 aromatic rings. The molecule has 1 amide bonds. The van der Waals surface area contributed by atoms with Crippen LogP contribution in [0.3, 0.4) is 0 Å². The van der Waals surface area contributed by atoms with Crippen molar-refractivity contribution in [2.75, 3.05) is 18.9 Å². The molecule has 4 nitrogen and oxygen atoms in total. The first-order valence-electron chi connectivity index (χ1n) is 6.91. The number of aryl methyl sites for hydroxylation is 1. The van der Waals surface area contributed by atoms with Gasteiger partial charge in [0, 0.05) is 17.8 Å². The molecule has 1 unspecified atom stereocenters. The van der Waals surface area contributed by atoms with Gasteiger partial charge in [-0.1, -0.05) is 12.8 Å². The van der Waals surface area contributed by atoms with E-state index in [1.165, 1.54) is 0 Å². The standard InChI is InChI=1S/C15H22N2O2/c1-11-7-12(9-13(16)8-11)15(19)17-6-4-2-3-5-14(17)10-18/h7-9,14,18H,2-6,10,16H2,1H3. The van der Waals surface area contributed by atoms with E-state index in [9.17, 15) is 9.90 Å². The molecule has 0 saturated carbocycles. The molecule has 1 saturated heterocycles. The number of benzene rings is 1. The van der Waals surface area contributed by atoms with Gasteiger partial charge >= 0.3 is 0 Å². The zero-order valence-electron chi connectivity index (χ0n) is 11.4. The second-order valence-electron chi connectivity index (χ2n) is 5.32. The summed E-state index contributed by atoms with van der Waals surface area (Å²) in [4.78, 5) is 14.4. The molecule has 1 fully saturated rings. The molecule has 1 atom stereocenters. The van der Waals surface area contributed by atoms with Gasteiger partial charge in [-0.15, -0.1) is 0 Å². The zero-order chi connectivity index (χ0) is 13.8. The fraction of sp³-hybridized carbons (Fsp3) is 0.533. The Morgan fingerprint density at radius 3 is 2.84 bits per heavy atom. The first-order valence-corrected chi connectivity index (χ1v) is 6.91. The van der Waals surface area contributed by atoms with Crippen LogP contribution in [0.4, 0.5) is 5.69 Å². The lowest BCUT2D eigenvalue weighted by Crippen LogP contribution is -2.42. The van der Waals surface area contributed by atoms with E-state index in [1.54, 1.807) is 11.0 Å². The zero-order valence-corrected chi connectivity index (χ0v) is 11.4. The Balaban J connectivity index is 2.25. The van der Waals surface area contributed by atoms with Crippen LogP contribution in [0.1, 0.15) is 41.6 Å². The molecule has 2 rings (SSSR count). The van der Waals surface area contributed by atoms with Gasteiger partial charge in [0.25, 0.3) is 5.91 Å². The lowest BCUT2D eigenvalue weighted by atomic mass is 10.1. The minimum absolute atomic E-state index is 0.0173. The van der Waals surface area contributed by atoms with Crippen molar-refractivity contribution in [1.29, 1.82) is 0 Å². The summed E-state index contributed by atoms with van der Waals surface area (Å²) in [6, 6.07) is 5.37. The molecular formula is C15H22N2O2. The number of carbonyl (C=O) groups excluding carboxylic acids is 1. The van der Waals surface area contributed by atoms with E-state index in [4.69, 9.17) is 5.73 Å². The SMILES string of the molecule is Cc1cc(N)cc(C(=O)N2CCCCCC2CO)c1. The number of nitrogens with zero attached hydrogens (tertiary/aromatic N) is 1. The van der Waals surface area contributed by atoms with E-state index < -0.39 is 0 Å². The molecule has 0 aromatic heterocycles. The largest absolute Gasteiger partial charge is 0.399 e. The Morgan fingerprint density at radius 2 is 2.16 bits per heavy atom. The van der Waals surface area contributed by atoms with Crippen LogP contribution in [-0.2, 0) is 0 Å². The molecule has 19 heavy (non-hydrogen) atoms. The highest BCUT2D eigenvalue weighted by Crippen LogP contribution is 2.20. The molecule has 0 aliphatic carbocycles. The van der Waals surface area contributed by atoms with E-state index in [-0.39, 0.29) is 18.6 Å². The summed E-state index contributed by atoms with van der Waals surface area (Å²) in [7, 11) is 0. The van der Waals surface area contributed by atoms with Crippen molar-refractivity contribution in [2.24, 2.45) is 0 Å². The molecule has 0 bridgehead atoms. The molecule has 0 spiro atoms. The van der Waals surface area contributed by atoms with Crippen molar-refractivity contribution in [2.45, 2.75) is 38.6 Å². The fourth-order valence-electron chi connectivity index (χ4n) is 2.74. The van der Waals surface area contributed by atoms with Crippen LogP contribution in [0.25, 0.3) is 0 Å². The number of nitrogens with two attached hydrogens (primary N) is 1. The Kier molecular flexibility index (Phi) is 4.43. The number of anilines is 1. The average molecular weight is 262 g/mol. The van der Waals surface area contributed by atoms with E-state index in [1.807, 2.05) is 19.1 Å². The van der Waals surface area contributed by atoms with Crippen LogP contribution in [-0.4, -0.2) is 35.1 Å². The number of carbonyl (C=O) groups is 1. The smallest absolute Gasteiger partial charge is 0.254 e. The van der Waals surface area contributed by atoms with Crippen LogP contribution in [0.15, 0.2) is 18.2 Å². The first kappa shape index (κ1) is 13.9. The summed E-state index contributed by atoms with van der Waals surface area (Å²) in [5.41, 5.74) is 8.02. The predicted octanol–water partition coefficient (Wildman–Crippen LogP) is 1.95. The maximum atomic E-state index is 12.6. The molecule has 1 heterocycles. The Bertz CT molecular complexity index is 439. The molecular weight excluding hydrogens is 240 g/mol. The Hall–Kier alpha value is -1.55. The van der Waals surface area contributed by atoms with Gasteiger partial charge in [0.05, 0.1) is 12.6 Å². The third-order valence-electron chi connectivity index (χ3n) is 3.70. The molecule has 104 valence electrons. The number of nitrogen functional groups attached to an aromatic ring is 1. The number of aliphatic hydroxyl groups excluding tert-OH is 1. The molecule has 1 aliphatic heterocycles. The number of likely N-dealkylation sites (tertiary alicyclic amines) is 1. The number of hydrogen-bond acceptors (Lipinski definition) is 3. The van der Waals surface area contributed by atoms with E-state index in [2.05, 4.69) is 0 Å². The van der Waals surface area contributed by atoms with Crippen molar-refractivity contribution in [1.82, 2.24) is 4.90 Å². The van der Waals surface area contributed by atoms with Gasteiger partial charge in [-0.3, -0.25) is 4.79 Å². The summed E-state index contributed by atoms with van der Waals surface area (Å²) >= 11 is 0. The predicted molar refractivity (Wildman–Crippen MR) is 76.0 cm³/mol. The molecule has 0 radical (unpaired) electrons. The second kappa shape index (κ2) is 6.06. The van der Waals surface area contributed by atoms with Crippen molar-refractivity contribution in [3.8, 4) is 0 Å². The molecule has 3 N–H and O–H groups in total. The summed E-state index contributed by atoms with van der Waals surface area (Å²) in [5, 5.41) is 9.47. The van der Waals surface area contributed by atoms with Gasteiger partial charge < -0.3 is 15.7 Å². The van der Waals surface area contributed by atoms with Crippen LogP contribution in [0, 0.1) is 6.92 Å². The van der Waals surface area contributed by atoms with Crippen LogP contribution < -0.4 is 5.73 Å². The fourth-order valence-corrected chi connectivity index (χ4v) is 2.74. The number of aliphatic hydroxyl groups is 1. The summed E-state index contributed by atoms with van der Waals surface area (Å²) in [6.45, 7) is 2.68. The second-order valence-corrected chi connectivity index (χ2v) is 5.32. The monoisotopic (exact) mass is 262 g/mol. The van der Waals surface area contributed by atoms with Crippen LogP contribution >= 0.6 is 0 Å². The van der Waals surface area contributed by atoms with Crippen molar-refractivity contribution >= 4 is 11.6 Å². The van der Waals surface area contributed by atoms with Crippen LogP contribution in [0.5, 0.6) is 0 Å². The number of hydrogen-bond donors (Lipinski definition) is 2. The maximum Gasteiger partial charge on any atom is 0.254 e. The molecule has 1 aromatic carbocycles. The minimum Gasteiger partial charge on any atom is -0.399 e. The van der Waals surface area contributed by atoms with Crippen molar-refractivity contribution < 1.29 is 9.90 Å². The van der Waals surface area contributed by atoms with Crippen LogP contribution in [0.2, 0.25) is 0 Å². The van der Waals surface area contributed by atoms with Gasteiger partial charge in [-0.05, 0) is 43.5 Å². The summed E-state index contributed by atoms with van der Waals surface area (Å²) in [6.07, 6.45) is 4.08. The van der Waals surface area contributed by atoms with Gasteiger partial charge in [-0.25, -0.2) is 0 Å². The quantitative estimate of drug-likeness (QED) is 0.801. The molecule has 1 aliphatic rings.